The van der Waals surface area contributed by atoms with Crippen molar-refractivity contribution in [2.24, 2.45) is 0 Å². The van der Waals surface area contributed by atoms with Gasteiger partial charge < -0.3 is 15.2 Å². The normalized spacial score (nSPS) is 18.5. The number of allylic oxidation sites excluding steroid dienone is 12. The Kier molecular flexibility index (Phi) is 16.1. The van der Waals surface area contributed by atoms with Gasteiger partial charge in [-0.1, -0.05) is 79.8 Å². The van der Waals surface area contributed by atoms with Crippen molar-refractivity contribution >= 4 is 11.7 Å². The summed E-state index contributed by atoms with van der Waals surface area (Å²) < 4.78 is 7.00. The molecule has 1 aliphatic rings. The van der Waals surface area contributed by atoms with Crippen LogP contribution >= 0.6 is 0 Å². The minimum Gasteiger partial charge on any atom is -0.394 e. The number of aliphatic hydroxyl groups is 1. The van der Waals surface area contributed by atoms with Crippen LogP contribution in [0.15, 0.2) is 90.0 Å². The molecule has 0 aromatic carbocycles. The van der Waals surface area contributed by atoms with E-state index in [9.17, 15) is 14.7 Å². The van der Waals surface area contributed by atoms with E-state index in [0.29, 0.717) is 25.7 Å². The molecule has 2 atom stereocenters. The number of hydrogen-bond acceptors (Lipinski definition) is 5. The first kappa shape index (κ1) is 30.9. The van der Waals surface area contributed by atoms with Crippen molar-refractivity contribution in [3.63, 3.8) is 0 Å². The van der Waals surface area contributed by atoms with Gasteiger partial charge >= 0.3 is 5.69 Å². The van der Waals surface area contributed by atoms with Gasteiger partial charge in [-0.25, -0.2) is 4.79 Å². The van der Waals surface area contributed by atoms with E-state index in [1.165, 1.54) is 4.57 Å². The number of amides is 1. The fourth-order valence-electron chi connectivity index (χ4n) is 3.79. The number of hydrogen-bond donors (Lipinski definition) is 2. The van der Waals surface area contributed by atoms with Crippen molar-refractivity contribution < 1.29 is 14.6 Å². The number of aliphatic hydroxyl groups excluding tert-OH is 1. The predicted molar refractivity (Wildman–Crippen MR) is 155 cm³/mol. The van der Waals surface area contributed by atoms with E-state index in [-0.39, 0.29) is 24.4 Å². The Bertz CT molecular complexity index is 1050. The highest BCUT2D eigenvalue weighted by molar-refractivity contribution is 5.89. The molecule has 7 nitrogen and oxygen atoms in total. The predicted octanol–water partition coefficient (Wildman–Crippen LogP) is 6.33. The summed E-state index contributed by atoms with van der Waals surface area (Å²) in [5.74, 6) is 0.0438. The first-order valence-electron chi connectivity index (χ1n) is 13.7. The van der Waals surface area contributed by atoms with Gasteiger partial charge in [-0.05, 0) is 63.9 Å². The maximum Gasteiger partial charge on any atom is 0.351 e. The first-order valence-corrected chi connectivity index (χ1v) is 13.7. The summed E-state index contributed by atoms with van der Waals surface area (Å²) in [5, 5.41) is 11.8. The Labute approximate surface area is 227 Å². The molecular weight excluding hydrogens is 478 g/mol. The zero-order chi connectivity index (χ0) is 27.3. The molecule has 0 bridgehead atoms. The van der Waals surface area contributed by atoms with Gasteiger partial charge in [0.2, 0.25) is 5.91 Å². The van der Waals surface area contributed by atoms with Gasteiger partial charge in [0.15, 0.2) is 0 Å². The molecule has 2 N–H and O–H groups in total. The number of anilines is 1. The molecule has 2 rings (SSSR count). The second-order valence-corrected chi connectivity index (χ2v) is 8.98. The third kappa shape index (κ3) is 13.3. The minimum atomic E-state index is -0.483. The summed E-state index contributed by atoms with van der Waals surface area (Å²) >= 11 is 0. The van der Waals surface area contributed by atoms with E-state index in [0.717, 1.165) is 38.5 Å². The smallest absolute Gasteiger partial charge is 0.351 e. The molecule has 1 aromatic rings. The van der Waals surface area contributed by atoms with Crippen molar-refractivity contribution in [1.82, 2.24) is 9.55 Å². The van der Waals surface area contributed by atoms with Crippen LogP contribution in [0.4, 0.5) is 5.82 Å². The standard InChI is InChI=1S/C31H43N3O4/c1-2-3-4-5-6-7-8-9-10-11-12-13-14-15-16-17-18-19-20-21-29(36)32-28-24-25-34(31(37)33-28)30-23-22-27(26-35)38-30/h3-4,6-7,9-10,12-13,15-16,18-19,24-25,27,30,35H,2,5,8,11,14,17,20-23,26H2,1H3,(H,32,33,36,37)/b4-3-,7-6-,10-9-,13-12-,16-15-,19-18-/t27-,30?/m0/s1. The summed E-state index contributed by atoms with van der Waals surface area (Å²) in [6.45, 7) is 2.08. The third-order valence-corrected chi connectivity index (χ3v) is 5.83. The Hall–Kier alpha value is -3.29. The monoisotopic (exact) mass is 521 g/mol. The van der Waals surface area contributed by atoms with Crippen LogP contribution in [-0.4, -0.2) is 33.3 Å². The summed E-state index contributed by atoms with van der Waals surface area (Å²) in [7, 11) is 0. The quantitative estimate of drug-likeness (QED) is 0.234. The van der Waals surface area contributed by atoms with Gasteiger partial charge in [-0.2, -0.15) is 4.98 Å². The number of nitrogens with one attached hydrogen (secondary N) is 1. The number of ether oxygens (including phenoxy) is 1. The largest absolute Gasteiger partial charge is 0.394 e. The second kappa shape index (κ2) is 19.8. The lowest BCUT2D eigenvalue weighted by Gasteiger charge is -2.14. The lowest BCUT2D eigenvalue weighted by Crippen LogP contribution is -2.28. The molecule has 38 heavy (non-hydrogen) atoms. The second-order valence-electron chi connectivity index (χ2n) is 8.98. The van der Waals surface area contributed by atoms with Crippen LogP contribution < -0.4 is 11.0 Å². The number of carbonyl (C=O) groups is 1. The van der Waals surface area contributed by atoms with Gasteiger partial charge in [0.05, 0.1) is 12.7 Å². The summed E-state index contributed by atoms with van der Waals surface area (Å²) in [5.41, 5.74) is -0.483. The van der Waals surface area contributed by atoms with Gasteiger partial charge in [0.25, 0.3) is 0 Å². The van der Waals surface area contributed by atoms with Gasteiger partial charge in [-0.15, -0.1) is 0 Å². The van der Waals surface area contributed by atoms with Crippen LogP contribution in [0, 0.1) is 0 Å². The van der Waals surface area contributed by atoms with E-state index in [4.69, 9.17) is 4.74 Å². The molecule has 7 heteroatoms. The maximum absolute atomic E-state index is 12.3. The Morgan fingerprint density at radius 2 is 1.50 bits per heavy atom. The van der Waals surface area contributed by atoms with Crippen LogP contribution in [-0.2, 0) is 9.53 Å². The minimum absolute atomic E-state index is 0.0659. The molecular formula is C31H43N3O4. The first-order chi connectivity index (χ1) is 18.6. The Morgan fingerprint density at radius 1 is 0.947 bits per heavy atom. The average Bonchev–Trinajstić information content (AvgIpc) is 3.39. The molecule has 1 saturated heterocycles. The number of carbonyl (C=O) groups excluding carboxylic acids is 1. The van der Waals surface area contributed by atoms with Crippen molar-refractivity contribution in [1.29, 1.82) is 0 Å². The molecule has 1 unspecified atom stereocenters. The highest BCUT2D eigenvalue weighted by atomic mass is 16.5. The van der Waals surface area contributed by atoms with Crippen molar-refractivity contribution in [2.45, 2.75) is 83.5 Å². The Balaban J connectivity index is 1.53. The van der Waals surface area contributed by atoms with Gasteiger partial charge in [0, 0.05) is 12.6 Å². The van der Waals surface area contributed by atoms with Gasteiger partial charge in [0.1, 0.15) is 12.0 Å². The van der Waals surface area contributed by atoms with Crippen molar-refractivity contribution in [3.8, 4) is 0 Å². The number of aromatic nitrogens is 2. The van der Waals surface area contributed by atoms with Crippen LogP contribution in [0.3, 0.4) is 0 Å². The van der Waals surface area contributed by atoms with Crippen LogP contribution in [0.2, 0.25) is 0 Å². The molecule has 0 spiro atoms. The Morgan fingerprint density at radius 3 is 2.00 bits per heavy atom. The lowest BCUT2D eigenvalue weighted by molar-refractivity contribution is -0.116. The van der Waals surface area contributed by atoms with E-state index in [2.05, 4.69) is 78.0 Å². The van der Waals surface area contributed by atoms with Crippen molar-refractivity contribution in [2.75, 3.05) is 11.9 Å². The maximum atomic E-state index is 12.3. The van der Waals surface area contributed by atoms with Crippen molar-refractivity contribution in [3.05, 3.63) is 95.7 Å². The van der Waals surface area contributed by atoms with E-state index in [1.807, 2.05) is 12.2 Å². The van der Waals surface area contributed by atoms with Crippen LogP contribution in [0.5, 0.6) is 0 Å². The highest BCUT2D eigenvalue weighted by Crippen LogP contribution is 2.26. The fourth-order valence-corrected chi connectivity index (χ4v) is 3.79. The number of nitrogens with zero attached hydrogens (tertiary/aromatic N) is 2. The molecule has 0 radical (unpaired) electrons. The molecule has 1 fully saturated rings. The summed E-state index contributed by atoms with van der Waals surface area (Å²) in [6.07, 6.45) is 34.7. The van der Waals surface area contributed by atoms with Gasteiger partial charge in [-0.3, -0.25) is 9.36 Å². The SMILES string of the molecule is CC/C=C\C/C=C\C/C=C\C/C=C\C/C=C\C/C=C\CCC(=O)Nc1ccn(C2CC[C@@H](CO)O2)c(=O)n1. The number of rotatable bonds is 17. The summed E-state index contributed by atoms with van der Waals surface area (Å²) in [4.78, 5) is 28.4. The topological polar surface area (TPSA) is 93.5 Å². The third-order valence-electron chi connectivity index (χ3n) is 5.83. The zero-order valence-corrected chi connectivity index (χ0v) is 22.6. The molecule has 1 aromatic heterocycles. The average molecular weight is 522 g/mol. The summed E-state index contributed by atoms with van der Waals surface area (Å²) in [6, 6.07) is 1.59. The van der Waals surface area contributed by atoms with Crippen LogP contribution in [0.25, 0.3) is 0 Å². The molecule has 206 valence electrons. The zero-order valence-electron chi connectivity index (χ0n) is 22.6. The fraction of sp³-hybridized carbons (Fsp3) is 0.452. The van der Waals surface area contributed by atoms with E-state index < -0.39 is 11.9 Å². The van der Waals surface area contributed by atoms with E-state index in [1.54, 1.807) is 12.3 Å². The van der Waals surface area contributed by atoms with E-state index >= 15 is 0 Å². The molecule has 2 heterocycles. The van der Waals surface area contributed by atoms with Crippen LogP contribution in [0.1, 0.15) is 77.4 Å². The lowest BCUT2D eigenvalue weighted by atomic mass is 10.2. The molecule has 0 aliphatic carbocycles. The molecule has 1 aliphatic heterocycles. The molecule has 0 saturated carbocycles. The highest BCUT2D eigenvalue weighted by Gasteiger charge is 2.26. The molecule has 1 amide bonds.